The summed E-state index contributed by atoms with van der Waals surface area (Å²) in [4.78, 5) is 29.5. The van der Waals surface area contributed by atoms with Crippen LogP contribution in [0.15, 0.2) is 54.9 Å². The van der Waals surface area contributed by atoms with Crippen molar-refractivity contribution in [2.75, 3.05) is 13.1 Å². The van der Waals surface area contributed by atoms with E-state index in [4.69, 9.17) is 0 Å². The van der Waals surface area contributed by atoms with Crippen LogP contribution in [0.2, 0.25) is 0 Å². The molecule has 158 valence electrons. The van der Waals surface area contributed by atoms with Gasteiger partial charge in [-0.05, 0) is 36.6 Å². The molecule has 1 aromatic carbocycles. The third-order valence-corrected chi connectivity index (χ3v) is 4.98. The molecule has 1 saturated heterocycles. The largest absolute Gasteiger partial charge is 0.350 e. The first-order chi connectivity index (χ1) is 13.1. The summed E-state index contributed by atoms with van der Waals surface area (Å²) in [5.41, 5.74) is 1.44. The van der Waals surface area contributed by atoms with Crippen LogP contribution in [0.25, 0.3) is 0 Å². The van der Waals surface area contributed by atoms with Gasteiger partial charge in [-0.1, -0.05) is 37.3 Å². The van der Waals surface area contributed by atoms with Crippen LogP contribution < -0.4 is 16.0 Å². The quantitative estimate of drug-likeness (QED) is 0.646. The maximum Gasteiger partial charge on any atom is 0.253 e. The molecule has 0 saturated carbocycles. The van der Waals surface area contributed by atoms with E-state index >= 15 is 0 Å². The maximum atomic E-state index is 13.0. The number of pyridine rings is 1. The van der Waals surface area contributed by atoms with Gasteiger partial charge in [0.15, 0.2) is 0 Å². The number of nitrogens with zero attached hydrogens (tertiary/aromatic N) is 1. The van der Waals surface area contributed by atoms with Crippen LogP contribution in [0.5, 0.6) is 0 Å². The highest BCUT2D eigenvalue weighted by Crippen LogP contribution is 2.12. The van der Waals surface area contributed by atoms with E-state index in [1.807, 2.05) is 30.3 Å². The summed E-state index contributed by atoms with van der Waals surface area (Å²) >= 11 is 0. The third-order valence-electron chi connectivity index (χ3n) is 4.98. The number of rotatable bonds is 6. The molecular formula is C21H28Cl2N4O2. The topological polar surface area (TPSA) is 83.1 Å². The van der Waals surface area contributed by atoms with Gasteiger partial charge in [0.25, 0.3) is 5.91 Å². The maximum absolute atomic E-state index is 13.0. The molecule has 3 N–H and O–H groups in total. The van der Waals surface area contributed by atoms with Gasteiger partial charge >= 0.3 is 0 Å². The molecule has 8 heteroatoms. The van der Waals surface area contributed by atoms with E-state index in [0.717, 1.165) is 25.1 Å². The van der Waals surface area contributed by atoms with Crippen molar-refractivity contribution >= 4 is 36.6 Å². The Balaban J connectivity index is 0.00000210. The Hall–Kier alpha value is -2.15. The zero-order valence-electron chi connectivity index (χ0n) is 16.3. The molecular weight excluding hydrogens is 411 g/mol. The lowest BCUT2D eigenvalue weighted by Crippen LogP contribution is -2.56. The number of aromatic nitrogens is 1. The fourth-order valence-electron chi connectivity index (χ4n) is 3.26. The first-order valence-electron chi connectivity index (χ1n) is 9.39. The number of benzene rings is 1. The zero-order valence-corrected chi connectivity index (χ0v) is 18.0. The minimum absolute atomic E-state index is 0. The molecule has 29 heavy (non-hydrogen) atoms. The van der Waals surface area contributed by atoms with E-state index < -0.39 is 6.04 Å². The van der Waals surface area contributed by atoms with E-state index in [9.17, 15) is 9.59 Å². The van der Waals surface area contributed by atoms with Gasteiger partial charge in [-0.25, -0.2) is 0 Å². The number of nitrogens with one attached hydrogen (secondary N) is 3. The zero-order chi connectivity index (χ0) is 19.1. The van der Waals surface area contributed by atoms with Crippen LogP contribution in [0.3, 0.4) is 0 Å². The molecule has 3 atom stereocenters. The van der Waals surface area contributed by atoms with Crippen LogP contribution in [0.4, 0.5) is 0 Å². The number of hydrogen-bond acceptors (Lipinski definition) is 4. The van der Waals surface area contributed by atoms with Gasteiger partial charge in [0.2, 0.25) is 5.91 Å². The van der Waals surface area contributed by atoms with Gasteiger partial charge in [-0.15, -0.1) is 24.8 Å². The normalized spacial score (nSPS) is 19.1. The van der Waals surface area contributed by atoms with Gasteiger partial charge in [-0.3, -0.25) is 14.6 Å². The molecule has 2 heterocycles. The highest BCUT2D eigenvalue weighted by molar-refractivity contribution is 5.97. The van der Waals surface area contributed by atoms with Crippen LogP contribution >= 0.6 is 24.8 Å². The summed E-state index contributed by atoms with van der Waals surface area (Å²) in [5, 5.41) is 9.30. The van der Waals surface area contributed by atoms with Crippen molar-refractivity contribution in [2.45, 2.75) is 31.8 Å². The molecule has 6 nitrogen and oxygen atoms in total. The van der Waals surface area contributed by atoms with E-state index in [2.05, 4.69) is 27.9 Å². The van der Waals surface area contributed by atoms with Crippen molar-refractivity contribution in [1.29, 1.82) is 0 Å². The molecule has 1 aliphatic rings. The van der Waals surface area contributed by atoms with Crippen LogP contribution in [0.1, 0.15) is 29.3 Å². The lowest BCUT2D eigenvalue weighted by Gasteiger charge is -2.31. The average Bonchev–Trinajstić information content (AvgIpc) is 2.70. The number of piperidine rings is 1. The predicted octanol–water partition coefficient (Wildman–Crippen LogP) is 2.38. The number of carbonyl (C=O) groups excluding carboxylic acids is 2. The van der Waals surface area contributed by atoms with Crippen LogP contribution in [-0.2, 0) is 11.2 Å². The van der Waals surface area contributed by atoms with Crippen molar-refractivity contribution in [2.24, 2.45) is 5.92 Å². The van der Waals surface area contributed by atoms with Gasteiger partial charge in [0, 0.05) is 31.4 Å². The highest BCUT2D eigenvalue weighted by atomic mass is 35.5. The van der Waals surface area contributed by atoms with Gasteiger partial charge < -0.3 is 16.0 Å². The average molecular weight is 439 g/mol. The third kappa shape index (κ3) is 7.31. The summed E-state index contributed by atoms with van der Waals surface area (Å²) in [7, 11) is 0. The Morgan fingerprint density at radius 2 is 1.93 bits per heavy atom. The summed E-state index contributed by atoms with van der Waals surface area (Å²) in [6.45, 7) is 3.87. The Kier molecular flexibility index (Phi) is 10.7. The van der Waals surface area contributed by atoms with Crippen molar-refractivity contribution in [1.82, 2.24) is 20.9 Å². The first-order valence-corrected chi connectivity index (χ1v) is 9.39. The molecule has 1 aliphatic heterocycles. The summed E-state index contributed by atoms with van der Waals surface area (Å²) in [6, 6.07) is 12.5. The van der Waals surface area contributed by atoms with Crippen molar-refractivity contribution in [3.63, 3.8) is 0 Å². The van der Waals surface area contributed by atoms with Crippen molar-refractivity contribution in [3.8, 4) is 0 Å². The minimum atomic E-state index is -0.644. The van der Waals surface area contributed by atoms with E-state index in [1.165, 1.54) is 6.20 Å². The number of carbonyl (C=O) groups is 2. The summed E-state index contributed by atoms with van der Waals surface area (Å²) in [5.74, 6) is -0.0488. The predicted molar refractivity (Wildman–Crippen MR) is 119 cm³/mol. The lowest BCUT2D eigenvalue weighted by molar-refractivity contribution is -0.124. The molecule has 1 fully saturated rings. The van der Waals surface area contributed by atoms with Gasteiger partial charge in [0.1, 0.15) is 6.04 Å². The Morgan fingerprint density at radius 3 is 2.59 bits per heavy atom. The Bertz CT molecular complexity index is 762. The minimum Gasteiger partial charge on any atom is -0.350 e. The van der Waals surface area contributed by atoms with E-state index in [0.29, 0.717) is 17.9 Å². The lowest BCUT2D eigenvalue weighted by atomic mass is 9.94. The molecule has 2 amide bonds. The molecule has 3 unspecified atom stereocenters. The molecule has 0 spiro atoms. The van der Waals surface area contributed by atoms with Crippen LogP contribution in [-0.4, -0.2) is 42.0 Å². The standard InChI is InChI=1S/C21H26N4O2.2ClH/c1-15-9-11-23-14-19(15)25-21(27)18(12-16-6-3-2-4-7-16)24-20(26)17-8-5-10-22-13-17;;/h2-8,10,13,15,18-19,23H,9,11-12,14H2,1H3,(H,24,26)(H,25,27);2*1H. The number of halogens is 2. The monoisotopic (exact) mass is 438 g/mol. The smallest absolute Gasteiger partial charge is 0.253 e. The van der Waals surface area contributed by atoms with Gasteiger partial charge in [0.05, 0.1) is 5.56 Å². The molecule has 0 radical (unpaired) electrons. The second-order valence-corrected chi connectivity index (χ2v) is 7.04. The number of amides is 2. The highest BCUT2D eigenvalue weighted by Gasteiger charge is 2.27. The molecule has 0 aliphatic carbocycles. The van der Waals surface area contributed by atoms with Crippen LogP contribution in [0, 0.1) is 5.92 Å². The van der Waals surface area contributed by atoms with Crippen molar-refractivity contribution in [3.05, 3.63) is 66.0 Å². The second kappa shape index (κ2) is 12.4. The fraction of sp³-hybridized carbons (Fsp3) is 0.381. The first kappa shape index (κ1) is 24.9. The van der Waals surface area contributed by atoms with Gasteiger partial charge in [-0.2, -0.15) is 0 Å². The fourth-order valence-corrected chi connectivity index (χ4v) is 3.26. The van der Waals surface area contributed by atoms with E-state index in [1.54, 1.807) is 18.3 Å². The molecule has 1 aromatic heterocycles. The van der Waals surface area contributed by atoms with Crippen molar-refractivity contribution < 1.29 is 9.59 Å². The van der Waals surface area contributed by atoms with E-state index in [-0.39, 0.29) is 42.7 Å². The summed E-state index contributed by atoms with van der Waals surface area (Å²) in [6.07, 6.45) is 4.58. The molecule has 3 rings (SSSR count). The second-order valence-electron chi connectivity index (χ2n) is 7.04. The molecule has 0 bridgehead atoms. The Labute approximate surface area is 184 Å². The summed E-state index contributed by atoms with van der Waals surface area (Å²) < 4.78 is 0. The Morgan fingerprint density at radius 1 is 1.17 bits per heavy atom. The molecule has 2 aromatic rings. The number of hydrogen-bond donors (Lipinski definition) is 3. The SMILES string of the molecule is CC1CCNCC1NC(=O)C(Cc1ccccc1)NC(=O)c1cccnc1.Cl.Cl.